The Morgan fingerprint density at radius 2 is 0.529 bits per heavy atom. The van der Waals surface area contributed by atoms with Crippen molar-refractivity contribution in [1.29, 1.82) is 0 Å². The molecule has 0 aromatic heterocycles. The highest BCUT2D eigenvalue weighted by Crippen LogP contribution is 2.50. The van der Waals surface area contributed by atoms with Gasteiger partial charge in [0.05, 0.1) is 0 Å². The van der Waals surface area contributed by atoms with Gasteiger partial charge < -0.3 is 0 Å². The van der Waals surface area contributed by atoms with E-state index in [1.165, 1.54) is 86.2 Å². The Hall–Kier alpha value is -4.42. The van der Waals surface area contributed by atoms with E-state index in [1.54, 1.807) is 0 Å². The third-order valence-electron chi connectivity index (χ3n) is 8.10. The average molecular weight is 427 g/mol. The minimum absolute atomic E-state index is 1.32. The molecule has 0 N–H and O–H groups in total. The number of benzene rings is 9. The molecule has 0 saturated heterocycles. The summed E-state index contributed by atoms with van der Waals surface area (Å²) in [6.07, 6.45) is 0. The summed E-state index contributed by atoms with van der Waals surface area (Å²) in [6, 6.07) is 40.8. The molecule has 0 saturated carbocycles. The maximum Gasteiger partial charge on any atom is -0.000719 e. The molecule has 0 heterocycles. The fourth-order valence-corrected chi connectivity index (χ4v) is 6.84. The Labute approximate surface area is 195 Å². The Bertz CT molecular complexity index is 2100. The zero-order valence-electron chi connectivity index (χ0n) is 18.4. The summed E-state index contributed by atoms with van der Waals surface area (Å²) < 4.78 is 0. The summed E-state index contributed by atoms with van der Waals surface area (Å²) in [5, 5.41) is 21.8. The summed E-state index contributed by atoms with van der Waals surface area (Å²) in [4.78, 5) is 0. The molecule has 9 aromatic rings. The molecule has 0 atom stereocenters. The standard InChI is InChI=1S/C34H18/c1-3-11-25-21(9-1)23-13-5-7-19-15-17-27-28-18-16-20-8-6-14-24-22-10-2-4-12-26(22)34(32(28)30(20)24)33(25)31(27)29(19)23/h1-18H. The Balaban J connectivity index is 1.82. The number of fused-ring (bicyclic) bond motifs is 8. The van der Waals surface area contributed by atoms with Crippen molar-refractivity contribution in [3.63, 3.8) is 0 Å². The molecule has 154 valence electrons. The summed E-state index contributed by atoms with van der Waals surface area (Å²) in [6.45, 7) is 0. The van der Waals surface area contributed by atoms with Crippen molar-refractivity contribution in [1.82, 2.24) is 0 Å². The molecule has 0 unspecified atom stereocenters. The second-order valence-corrected chi connectivity index (χ2v) is 9.62. The predicted molar refractivity (Wildman–Crippen MR) is 149 cm³/mol. The highest BCUT2D eigenvalue weighted by Gasteiger charge is 2.21. The summed E-state index contributed by atoms with van der Waals surface area (Å²) in [5.74, 6) is 0. The van der Waals surface area contributed by atoms with Gasteiger partial charge in [0.2, 0.25) is 0 Å². The number of hydrogen-bond donors (Lipinski definition) is 0. The van der Waals surface area contributed by atoms with Crippen LogP contribution >= 0.6 is 0 Å². The molecule has 0 bridgehead atoms. The van der Waals surface area contributed by atoms with Crippen molar-refractivity contribution < 1.29 is 0 Å². The minimum atomic E-state index is 1.32. The highest BCUT2D eigenvalue weighted by atomic mass is 14.2. The van der Waals surface area contributed by atoms with E-state index in [-0.39, 0.29) is 0 Å². The van der Waals surface area contributed by atoms with Crippen LogP contribution in [0.15, 0.2) is 109 Å². The third kappa shape index (κ3) is 1.82. The van der Waals surface area contributed by atoms with E-state index >= 15 is 0 Å². The van der Waals surface area contributed by atoms with E-state index in [9.17, 15) is 0 Å². The summed E-state index contributed by atoms with van der Waals surface area (Å²) in [7, 11) is 0. The van der Waals surface area contributed by atoms with Crippen molar-refractivity contribution in [2.24, 2.45) is 0 Å². The van der Waals surface area contributed by atoms with Crippen molar-refractivity contribution in [2.75, 3.05) is 0 Å². The van der Waals surface area contributed by atoms with Crippen molar-refractivity contribution in [2.45, 2.75) is 0 Å². The molecule has 9 aromatic carbocycles. The monoisotopic (exact) mass is 426 g/mol. The van der Waals surface area contributed by atoms with Gasteiger partial charge >= 0.3 is 0 Å². The van der Waals surface area contributed by atoms with Gasteiger partial charge in [-0.1, -0.05) is 109 Å². The second kappa shape index (κ2) is 5.73. The lowest BCUT2D eigenvalue weighted by molar-refractivity contribution is 1.79. The maximum atomic E-state index is 2.35. The van der Waals surface area contributed by atoms with Crippen molar-refractivity contribution in [3.05, 3.63) is 109 Å². The van der Waals surface area contributed by atoms with Crippen molar-refractivity contribution in [3.8, 4) is 0 Å². The van der Waals surface area contributed by atoms with Gasteiger partial charge in [-0.2, -0.15) is 0 Å². The molecule has 9 rings (SSSR count). The van der Waals surface area contributed by atoms with E-state index in [4.69, 9.17) is 0 Å². The largest absolute Gasteiger partial charge is 0.0616 e. The van der Waals surface area contributed by atoms with Crippen LogP contribution < -0.4 is 0 Å². The van der Waals surface area contributed by atoms with Gasteiger partial charge in [-0.05, 0) is 86.2 Å². The lowest BCUT2D eigenvalue weighted by Crippen LogP contribution is -1.93. The molecule has 0 amide bonds. The van der Waals surface area contributed by atoms with Crippen LogP contribution in [0.1, 0.15) is 0 Å². The van der Waals surface area contributed by atoms with Gasteiger partial charge in [0.1, 0.15) is 0 Å². The van der Waals surface area contributed by atoms with Gasteiger partial charge in [0.25, 0.3) is 0 Å². The van der Waals surface area contributed by atoms with Gasteiger partial charge in [-0.3, -0.25) is 0 Å². The summed E-state index contributed by atoms with van der Waals surface area (Å²) >= 11 is 0. The van der Waals surface area contributed by atoms with Gasteiger partial charge in [-0.15, -0.1) is 0 Å². The molecule has 0 aliphatic rings. The van der Waals surface area contributed by atoms with E-state index < -0.39 is 0 Å². The second-order valence-electron chi connectivity index (χ2n) is 9.62. The summed E-state index contributed by atoms with van der Waals surface area (Å²) in [5.41, 5.74) is 0. The van der Waals surface area contributed by atoms with Crippen LogP contribution in [0, 0.1) is 0 Å². The zero-order chi connectivity index (χ0) is 22.0. The van der Waals surface area contributed by atoms with Crippen LogP contribution in [0.4, 0.5) is 0 Å². The molecule has 0 aliphatic heterocycles. The van der Waals surface area contributed by atoms with E-state index in [2.05, 4.69) is 109 Å². The third-order valence-corrected chi connectivity index (χ3v) is 8.10. The Kier molecular flexibility index (Phi) is 2.88. The van der Waals surface area contributed by atoms with Crippen LogP contribution in [0.25, 0.3) is 86.2 Å². The first-order valence-corrected chi connectivity index (χ1v) is 12.0. The SMILES string of the molecule is c1ccc2c(c1)c1cccc3ccc4c5ccc6cccc7c8ccccc8c(c5c67)c2c4c31. The van der Waals surface area contributed by atoms with E-state index in [0.29, 0.717) is 0 Å². The molecule has 0 radical (unpaired) electrons. The van der Waals surface area contributed by atoms with Gasteiger partial charge in [-0.25, -0.2) is 0 Å². The lowest BCUT2D eigenvalue weighted by atomic mass is 9.81. The smallest absolute Gasteiger partial charge is 0.000719 e. The molecule has 0 heteroatoms. The zero-order valence-corrected chi connectivity index (χ0v) is 18.4. The van der Waals surface area contributed by atoms with Gasteiger partial charge in [0, 0.05) is 0 Å². The fourth-order valence-electron chi connectivity index (χ4n) is 6.84. The van der Waals surface area contributed by atoms with Crippen LogP contribution in [0.5, 0.6) is 0 Å². The van der Waals surface area contributed by atoms with Crippen LogP contribution in [-0.2, 0) is 0 Å². The predicted octanol–water partition coefficient (Wildman–Crippen LogP) is 9.79. The quantitative estimate of drug-likeness (QED) is 0.167. The Morgan fingerprint density at radius 3 is 1.00 bits per heavy atom. The van der Waals surface area contributed by atoms with Crippen LogP contribution in [0.2, 0.25) is 0 Å². The first-order chi connectivity index (χ1) is 16.9. The van der Waals surface area contributed by atoms with E-state index in [0.717, 1.165) is 0 Å². The van der Waals surface area contributed by atoms with Gasteiger partial charge in [0.15, 0.2) is 0 Å². The molecule has 34 heavy (non-hydrogen) atoms. The molecule has 0 fully saturated rings. The fraction of sp³-hybridized carbons (Fsp3) is 0. The molecule has 0 nitrogen and oxygen atoms in total. The molecular weight excluding hydrogens is 408 g/mol. The topological polar surface area (TPSA) is 0 Å². The highest BCUT2D eigenvalue weighted by molar-refractivity contribution is 6.49. The van der Waals surface area contributed by atoms with Crippen molar-refractivity contribution >= 4 is 86.2 Å². The van der Waals surface area contributed by atoms with Crippen LogP contribution in [0.3, 0.4) is 0 Å². The first-order valence-electron chi connectivity index (χ1n) is 12.0. The first kappa shape index (κ1) is 17.1. The normalized spacial score (nSPS) is 12.7. The Morgan fingerprint density at radius 1 is 0.206 bits per heavy atom. The van der Waals surface area contributed by atoms with Crippen LogP contribution in [-0.4, -0.2) is 0 Å². The number of rotatable bonds is 0. The molecule has 0 aliphatic carbocycles. The minimum Gasteiger partial charge on any atom is -0.0616 e. The maximum absolute atomic E-state index is 2.35. The number of hydrogen-bond acceptors (Lipinski definition) is 0. The average Bonchev–Trinajstić information content (AvgIpc) is 2.91. The van der Waals surface area contributed by atoms with E-state index in [1.807, 2.05) is 0 Å². The lowest BCUT2D eigenvalue weighted by Gasteiger charge is -2.21. The molecule has 0 spiro atoms. The molecular formula is C34H18.